The summed E-state index contributed by atoms with van der Waals surface area (Å²) in [5.41, 5.74) is 1.33. The summed E-state index contributed by atoms with van der Waals surface area (Å²) in [6.07, 6.45) is 1.94. The second kappa shape index (κ2) is 12.8. The summed E-state index contributed by atoms with van der Waals surface area (Å²) in [4.78, 5) is 7.09. The van der Waals surface area contributed by atoms with Crippen LogP contribution in [-0.4, -0.2) is 68.0 Å². The first-order chi connectivity index (χ1) is 13.6. The Morgan fingerprint density at radius 3 is 2.50 bits per heavy atom. The number of aliphatic hydroxyl groups excluding tert-OH is 1. The van der Waals surface area contributed by atoms with Crippen molar-refractivity contribution in [3.8, 4) is 0 Å². The number of nitrogens with zero attached hydrogens (tertiary/aromatic N) is 2. The first-order valence-electron chi connectivity index (χ1n) is 10.7. The third-order valence-corrected chi connectivity index (χ3v) is 4.79. The number of hydrogen-bond donors (Lipinski definition) is 3. The molecule has 0 aromatic heterocycles. The van der Waals surface area contributed by atoms with E-state index in [-0.39, 0.29) is 0 Å². The zero-order chi connectivity index (χ0) is 20.2. The maximum atomic E-state index is 10.1. The number of rotatable bonds is 11. The second-order valence-electron chi connectivity index (χ2n) is 7.86. The molecule has 1 fully saturated rings. The van der Waals surface area contributed by atoms with Crippen molar-refractivity contribution < 1.29 is 9.84 Å². The van der Waals surface area contributed by atoms with Crippen LogP contribution in [0.5, 0.6) is 0 Å². The van der Waals surface area contributed by atoms with Gasteiger partial charge in [-0.15, -0.1) is 0 Å². The van der Waals surface area contributed by atoms with E-state index in [4.69, 9.17) is 4.74 Å². The first kappa shape index (κ1) is 22.7. The van der Waals surface area contributed by atoms with Crippen LogP contribution in [0.25, 0.3) is 0 Å². The highest BCUT2D eigenvalue weighted by Gasteiger charge is 2.23. The van der Waals surface area contributed by atoms with Gasteiger partial charge in [0.15, 0.2) is 5.96 Å². The molecule has 6 heteroatoms. The molecular weight excluding hydrogens is 352 g/mol. The van der Waals surface area contributed by atoms with Crippen molar-refractivity contribution in [3.05, 3.63) is 35.9 Å². The van der Waals surface area contributed by atoms with Crippen molar-refractivity contribution in [3.63, 3.8) is 0 Å². The Morgan fingerprint density at radius 2 is 1.86 bits per heavy atom. The average molecular weight is 391 g/mol. The lowest BCUT2D eigenvalue weighted by Gasteiger charge is -2.29. The quantitative estimate of drug-likeness (QED) is 0.400. The van der Waals surface area contributed by atoms with Crippen LogP contribution in [0.1, 0.15) is 45.2 Å². The zero-order valence-corrected chi connectivity index (χ0v) is 17.7. The zero-order valence-electron chi connectivity index (χ0n) is 17.7. The Labute approximate surface area is 170 Å². The molecule has 1 aliphatic heterocycles. The molecule has 0 saturated carbocycles. The van der Waals surface area contributed by atoms with Gasteiger partial charge in [-0.1, -0.05) is 44.2 Å². The molecule has 0 aliphatic carbocycles. The molecule has 2 unspecified atom stereocenters. The van der Waals surface area contributed by atoms with E-state index in [1.54, 1.807) is 0 Å². The molecule has 2 atom stereocenters. The number of aliphatic hydroxyl groups is 1. The van der Waals surface area contributed by atoms with Gasteiger partial charge in [0, 0.05) is 19.7 Å². The van der Waals surface area contributed by atoms with Gasteiger partial charge in [-0.25, -0.2) is 0 Å². The minimum Gasteiger partial charge on any atom is -0.389 e. The van der Waals surface area contributed by atoms with Gasteiger partial charge in [-0.05, 0) is 44.3 Å². The van der Waals surface area contributed by atoms with Crippen molar-refractivity contribution in [1.82, 2.24) is 15.5 Å². The first-order valence-corrected chi connectivity index (χ1v) is 10.7. The molecule has 0 radical (unpaired) electrons. The van der Waals surface area contributed by atoms with E-state index in [0.29, 0.717) is 31.7 Å². The molecule has 1 aromatic carbocycles. The second-order valence-corrected chi connectivity index (χ2v) is 7.86. The summed E-state index contributed by atoms with van der Waals surface area (Å²) in [6.45, 7) is 11.4. The summed E-state index contributed by atoms with van der Waals surface area (Å²) in [5.74, 6) is 1.21. The monoisotopic (exact) mass is 390 g/mol. The Bertz CT molecular complexity index is 559. The van der Waals surface area contributed by atoms with Crippen LogP contribution < -0.4 is 10.6 Å². The molecule has 0 bridgehead atoms. The molecule has 158 valence electrons. The van der Waals surface area contributed by atoms with E-state index in [1.165, 1.54) is 18.4 Å². The fourth-order valence-corrected chi connectivity index (χ4v) is 3.41. The van der Waals surface area contributed by atoms with Crippen LogP contribution in [-0.2, 0) is 4.74 Å². The Kier molecular flexibility index (Phi) is 10.3. The van der Waals surface area contributed by atoms with Gasteiger partial charge in [0.05, 0.1) is 25.3 Å². The maximum Gasteiger partial charge on any atom is 0.191 e. The number of likely N-dealkylation sites (tertiary alicyclic amines) is 1. The van der Waals surface area contributed by atoms with Gasteiger partial charge in [0.25, 0.3) is 0 Å². The number of ether oxygens (including phenoxy) is 1. The van der Waals surface area contributed by atoms with Crippen molar-refractivity contribution in [2.75, 3.05) is 45.9 Å². The topological polar surface area (TPSA) is 69.1 Å². The smallest absolute Gasteiger partial charge is 0.191 e. The lowest BCUT2D eigenvalue weighted by atomic mass is 10.1. The molecular formula is C22H38N4O2. The van der Waals surface area contributed by atoms with E-state index in [9.17, 15) is 5.11 Å². The molecule has 0 spiro atoms. The molecule has 28 heavy (non-hydrogen) atoms. The molecule has 1 aromatic rings. The van der Waals surface area contributed by atoms with Crippen molar-refractivity contribution in [2.24, 2.45) is 10.9 Å². The lowest BCUT2D eigenvalue weighted by Crippen LogP contribution is -2.43. The standard InChI is InChI=1S/C22H38N4O2/c1-4-23-22(24-14-20(27)17-28-16-18(2)3)25-15-21(26-12-8-9-13-26)19-10-6-5-7-11-19/h5-7,10-11,18,20-21,27H,4,8-9,12-17H2,1-3H3,(H2,23,24,25). The number of nitrogens with one attached hydrogen (secondary N) is 2. The fraction of sp³-hybridized carbons (Fsp3) is 0.682. The Morgan fingerprint density at radius 1 is 1.14 bits per heavy atom. The van der Waals surface area contributed by atoms with Gasteiger partial charge < -0.3 is 20.5 Å². The SMILES string of the molecule is CCNC(=NCC(O)COCC(C)C)NCC(c1ccccc1)N1CCCC1. The molecule has 3 N–H and O–H groups in total. The van der Waals surface area contributed by atoms with Crippen molar-refractivity contribution >= 4 is 5.96 Å². The van der Waals surface area contributed by atoms with Crippen LogP contribution in [0, 0.1) is 5.92 Å². The highest BCUT2D eigenvalue weighted by molar-refractivity contribution is 5.79. The number of benzene rings is 1. The number of aliphatic imine (C=N–C) groups is 1. The predicted octanol–water partition coefficient (Wildman–Crippen LogP) is 2.41. The summed E-state index contributed by atoms with van der Waals surface area (Å²) in [5, 5.41) is 16.9. The normalized spacial score (nSPS) is 17.7. The molecule has 1 heterocycles. The van der Waals surface area contributed by atoms with Crippen LogP contribution in [0.15, 0.2) is 35.3 Å². The van der Waals surface area contributed by atoms with Crippen LogP contribution in [0.2, 0.25) is 0 Å². The average Bonchev–Trinajstić information content (AvgIpc) is 3.21. The Hall–Kier alpha value is -1.63. The highest BCUT2D eigenvalue weighted by atomic mass is 16.5. The summed E-state index contributed by atoms with van der Waals surface area (Å²) < 4.78 is 5.51. The predicted molar refractivity (Wildman–Crippen MR) is 116 cm³/mol. The van der Waals surface area contributed by atoms with E-state index >= 15 is 0 Å². The fourth-order valence-electron chi connectivity index (χ4n) is 3.41. The van der Waals surface area contributed by atoms with Crippen LogP contribution in [0.4, 0.5) is 0 Å². The van der Waals surface area contributed by atoms with Gasteiger partial charge in [0.2, 0.25) is 0 Å². The van der Waals surface area contributed by atoms with Crippen molar-refractivity contribution in [2.45, 2.75) is 45.8 Å². The third-order valence-electron chi connectivity index (χ3n) is 4.79. The van der Waals surface area contributed by atoms with Crippen LogP contribution >= 0.6 is 0 Å². The van der Waals surface area contributed by atoms with Crippen LogP contribution in [0.3, 0.4) is 0 Å². The number of guanidine groups is 1. The van der Waals surface area contributed by atoms with Gasteiger partial charge in [-0.2, -0.15) is 0 Å². The highest BCUT2D eigenvalue weighted by Crippen LogP contribution is 2.24. The van der Waals surface area contributed by atoms with E-state index in [0.717, 1.165) is 32.1 Å². The van der Waals surface area contributed by atoms with Gasteiger partial charge >= 0.3 is 0 Å². The molecule has 1 saturated heterocycles. The van der Waals surface area contributed by atoms with Gasteiger partial charge in [-0.3, -0.25) is 9.89 Å². The molecule has 2 rings (SSSR count). The van der Waals surface area contributed by atoms with Gasteiger partial charge in [0.1, 0.15) is 0 Å². The summed E-state index contributed by atoms with van der Waals surface area (Å²) >= 11 is 0. The van der Waals surface area contributed by atoms with Crippen molar-refractivity contribution in [1.29, 1.82) is 0 Å². The summed E-state index contributed by atoms with van der Waals surface area (Å²) in [6, 6.07) is 11.0. The third kappa shape index (κ3) is 8.17. The minimum absolute atomic E-state index is 0.321. The Balaban J connectivity index is 1.91. The lowest BCUT2D eigenvalue weighted by molar-refractivity contribution is 0.0301. The number of hydrogen-bond acceptors (Lipinski definition) is 4. The van der Waals surface area contributed by atoms with E-state index in [1.807, 2.05) is 0 Å². The molecule has 0 amide bonds. The van der Waals surface area contributed by atoms with E-state index < -0.39 is 6.10 Å². The molecule has 6 nitrogen and oxygen atoms in total. The largest absolute Gasteiger partial charge is 0.389 e. The maximum absolute atomic E-state index is 10.1. The molecule has 1 aliphatic rings. The minimum atomic E-state index is -0.585. The summed E-state index contributed by atoms with van der Waals surface area (Å²) in [7, 11) is 0. The van der Waals surface area contributed by atoms with E-state index in [2.05, 4.69) is 71.6 Å².